The molecule has 0 aliphatic carbocycles. The van der Waals surface area contributed by atoms with Gasteiger partial charge in [0.25, 0.3) is 0 Å². The third-order valence-electron chi connectivity index (χ3n) is 1.99. The molecular weight excluding hydrogens is 352 g/mol. The van der Waals surface area contributed by atoms with E-state index in [1.807, 2.05) is 0 Å². The second-order valence-electron chi connectivity index (χ2n) is 4.91. The zero-order valence-electron chi connectivity index (χ0n) is 12.4. The molecule has 0 N–H and O–H groups in total. The number of amides is 1. The molecule has 1 heterocycles. The van der Waals surface area contributed by atoms with Gasteiger partial charge in [0.05, 0.1) is 6.54 Å². The van der Waals surface area contributed by atoms with Crippen LogP contribution in [0.5, 0.6) is 0 Å². The third-order valence-corrected chi connectivity index (χ3v) is 3.76. The molecule has 0 radical (unpaired) electrons. The minimum atomic E-state index is -1.09. The van der Waals surface area contributed by atoms with Crippen molar-refractivity contribution in [2.24, 2.45) is 4.99 Å². The number of ether oxygens (including phenoxy) is 1. The number of nitro groups is 1. The first-order valence-corrected chi connectivity index (χ1v) is 8.42. The molecule has 8 nitrogen and oxygen atoms in total. The van der Waals surface area contributed by atoms with Crippen LogP contribution in [0.2, 0.25) is 4.47 Å². The highest BCUT2D eigenvalue weighted by molar-refractivity contribution is 8.13. The molecule has 1 aromatic rings. The first-order chi connectivity index (χ1) is 10.1. The van der Waals surface area contributed by atoms with Gasteiger partial charge in [-0.3, -0.25) is 4.99 Å². The highest BCUT2D eigenvalue weighted by atomic mass is 35.5. The van der Waals surface area contributed by atoms with Gasteiger partial charge in [0.2, 0.25) is 5.17 Å². The van der Waals surface area contributed by atoms with Crippen LogP contribution in [0, 0.1) is 10.1 Å². The lowest BCUT2D eigenvalue weighted by molar-refractivity contribution is -0.609. The molecule has 0 aromatic carbocycles. The maximum Gasteiger partial charge on any atom is 0.475 e. The Morgan fingerprint density at radius 1 is 1.64 bits per heavy atom. The topological polar surface area (TPSA) is 97.9 Å². The number of rotatable bonds is 3. The lowest BCUT2D eigenvalue weighted by Gasteiger charge is -2.21. The number of amidine groups is 1. The number of nitrogens with zero attached hydrogens (tertiary/aromatic N) is 4. The number of halogens is 1. The summed E-state index contributed by atoms with van der Waals surface area (Å²) in [4.78, 5) is 31.8. The van der Waals surface area contributed by atoms with E-state index in [2.05, 4.69) is 9.98 Å². The Balaban J connectivity index is 2.95. The zero-order chi connectivity index (χ0) is 16.9. The van der Waals surface area contributed by atoms with Gasteiger partial charge >= 0.3 is 6.09 Å². The zero-order valence-corrected chi connectivity index (χ0v) is 14.8. The van der Waals surface area contributed by atoms with Crippen LogP contribution >= 0.6 is 34.7 Å². The highest BCUT2D eigenvalue weighted by Crippen LogP contribution is 2.20. The van der Waals surface area contributed by atoms with Crippen molar-refractivity contribution >= 4 is 46.0 Å². The summed E-state index contributed by atoms with van der Waals surface area (Å²) >= 11 is 7.89. The maximum absolute atomic E-state index is 12.0. The average Bonchev–Trinajstić information content (AvgIpc) is 2.77. The number of aliphatic imine (C=N–C) groups is 1. The first kappa shape index (κ1) is 18.7. The van der Waals surface area contributed by atoms with E-state index >= 15 is 0 Å². The molecule has 0 saturated carbocycles. The largest absolute Gasteiger partial charge is 0.475 e. The first-order valence-electron chi connectivity index (χ1n) is 6.00. The molecule has 0 atom stereocenters. The van der Waals surface area contributed by atoms with Gasteiger partial charge in [0.15, 0.2) is 9.50 Å². The van der Waals surface area contributed by atoms with Crippen LogP contribution in [-0.4, -0.2) is 38.1 Å². The molecule has 0 aliphatic heterocycles. The normalized spacial score (nSPS) is 12.1. The Kier molecular flexibility index (Phi) is 6.57. The van der Waals surface area contributed by atoms with Gasteiger partial charge in [-0.1, -0.05) is 23.4 Å². The minimum Gasteiger partial charge on any atom is -0.440 e. The number of carbonyl (C=O) groups is 1. The summed E-state index contributed by atoms with van der Waals surface area (Å²) in [7, 11) is 0. The van der Waals surface area contributed by atoms with E-state index in [1.165, 1.54) is 17.5 Å². The fourth-order valence-corrected chi connectivity index (χ4v) is 2.65. The van der Waals surface area contributed by atoms with E-state index in [-0.39, 0.29) is 11.7 Å². The van der Waals surface area contributed by atoms with E-state index in [4.69, 9.17) is 16.3 Å². The molecule has 122 valence electrons. The Labute approximate surface area is 140 Å². The predicted molar refractivity (Wildman–Crippen MR) is 86.8 cm³/mol. The summed E-state index contributed by atoms with van der Waals surface area (Å²) in [5, 5.41) is 10.5. The second-order valence-corrected chi connectivity index (χ2v) is 7.38. The lowest BCUT2D eigenvalue weighted by Crippen LogP contribution is -2.43. The Morgan fingerprint density at radius 2 is 2.27 bits per heavy atom. The number of hydrogen-bond donors (Lipinski definition) is 0. The Bertz CT molecular complexity index is 585. The SMILES string of the molecule is CSC(=NCc1cnc(Cl)s1)N(C(=O)OC(C)(C)C)[N+](=O)[O-]. The highest BCUT2D eigenvalue weighted by Gasteiger charge is 2.35. The number of carbonyl (C=O) groups excluding carboxylic acids is 1. The molecule has 11 heteroatoms. The number of hydrogen-bond acceptors (Lipinski definition) is 8. The summed E-state index contributed by atoms with van der Waals surface area (Å²) < 4.78 is 5.38. The fourth-order valence-electron chi connectivity index (χ4n) is 1.24. The van der Waals surface area contributed by atoms with Gasteiger partial charge in [-0.25, -0.2) is 19.9 Å². The van der Waals surface area contributed by atoms with Crippen LogP contribution in [0.4, 0.5) is 4.79 Å². The number of thiazole rings is 1. The van der Waals surface area contributed by atoms with Crippen molar-refractivity contribution in [2.45, 2.75) is 32.9 Å². The molecule has 1 amide bonds. The van der Waals surface area contributed by atoms with Crippen molar-refractivity contribution in [3.63, 3.8) is 0 Å². The smallest absolute Gasteiger partial charge is 0.440 e. The van der Waals surface area contributed by atoms with Crippen molar-refractivity contribution in [3.05, 3.63) is 25.7 Å². The molecule has 0 spiro atoms. The average molecular weight is 367 g/mol. The minimum absolute atomic E-state index is 0.0798. The van der Waals surface area contributed by atoms with E-state index in [0.29, 0.717) is 9.48 Å². The van der Waals surface area contributed by atoms with Crippen LogP contribution in [0.3, 0.4) is 0 Å². The van der Waals surface area contributed by atoms with E-state index < -0.39 is 16.7 Å². The van der Waals surface area contributed by atoms with E-state index in [1.54, 1.807) is 27.0 Å². The van der Waals surface area contributed by atoms with Gasteiger partial charge in [0.1, 0.15) is 5.60 Å². The predicted octanol–water partition coefficient (Wildman–Crippen LogP) is 3.44. The standard InChI is InChI=1S/C11H15ClN4O4S2/c1-11(2,3)20-10(17)15(16(18)19)9(21-4)14-6-7-5-13-8(12)22-7/h5H,6H2,1-4H3. The van der Waals surface area contributed by atoms with Gasteiger partial charge in [-0.05, 0) is 27.0 Å². The molecule has 0 unspecified atom stereocenters. The Morgan fingerprint density at radius 3 is 2.68 bits per heavy atom. The van der Waals surface area contributed by atoms with Crippen molar-refractivity contribution in [1.82, 2.24) is 9.99 Å². The molecular formula is C11H15ClN4O4S2. The molecule has 22 heavy (non-hydrogen) atoms. The summed E-state index contributed by atoms with van der Waals surface area (Å²) in [6.45, 7) is 5.00. The molecule has 0 bridgehead atoms. The van der Waals surface area contributed by atoms with E-state index in [0.717, 1.165) is 16.6 Å². The van der Waals surface area contributed by atoms with Crippen molar-refractivity contribution in [2.75, 3.05) is 6.26 Å². The number of aromatic nitrogens is 1. The number of thioether (sulfide) groups is 1. The lowest BCUT2D eigenvalue weighted by atomic mass is 10.2. The van der Waals surface area contributed by atoms with Crippen molar-refractivity contribution in [1.29, 1.82) is 0 Å². The van der Waals surface area contributed by atoms with Gasteiger partial charge in [-0.2, -0.15) is 0 Å². The van der Waals surface area contributed by atoms with Crippen molar-refractivity contribution < 1.29 is 14.6 Å². The summed E-state index contributed by atoms with van der Waals surface area (Å²) in [5.41, 5.74) is -0.847. The molecule has 0 saturated heterocycles. The van der Waals surface area contributed by atoms with Crippen LogP contribution in [0.1, 0.15) is 25.6 Å². The van der Waals surface area contributed by atoms with Crippen LogP contribution < -0.4 is 0 Å². The van der Waals surface area contributed by atoms with Gasteiger partial charge in [-0.15, -0.1) is 11.3 Å². The molecule has 0 aliphatic rings. The van der Waals surface area contributed by atoms with Crippen LogP contribution in [0.15, 0.2) is 11.2 Å². The summed E-state index contributed by atoms with van der Waals surface area (Å²) in [6.07, 6.45) is 2.02. The Hall–Kier alpha value is -1.39. The fraction of sp³-hybridized carbons (Fsp3) is 0.545. The van der Waals surface area contributed by atoms with E-state index in [9.17, 15) is 14.9 Å². The third kappa shape index (κ3) is 5.78. The maximum atomic E-state index is 12.0. The summed E-state index contributed by atoms with van der Waals surface area (Å²) in [5.74, 6) is 0. The molecule has 0 fully saturated rings. The number of hydrazine groups is 1. The van der Waals surface area contributed by atoms with Crippen molar-refractivity contribution in [3.8, 4) is 0 Å². The quantitative estimate of drug-likeness (QED) is 0.351. The second kappa shape index (κ2) is 7.75. The monoisotopic (exact) mass is 366 g/mol. The summed E-state index contributed by atoms with van der Waals surface area (Å²) in [6, 6.07) is 0. The van der Waals surface area contributed by atoms with Gasteiger partial charge < -0.3 is 4.74 Å². The van der Waals surface area contributed by atoms with Crippen LogP contribution in [0.25, 0.3) is 0 Å². The van der Waals surface area contributed by atoms with Crippen LogP contribution in [-0.2, 0) is 11.3 Å². The van der Waals surface area contributed by atoms with Gasteiger partial charge in [0, 0.05) is 16.1 Å². The molecule has 1 aromatic heterocycles. The molecule has 1 rings (SSSR count).